The summed E-state index contributed by atoms with van der Waals surface area (Å²) in [6, 6.07) is 8.47. The van der Waals surface area contributed by atoms with Gasteiger partial charge in [0.05, 0.1) is 5.71 Å². The van der Waals surface area contributed by atoms with Gasteiger partial charge in [-0.25, -0.2) is 4.79 Å². The molecule has 3 rings (SSSR count). The maximum absolute atomic E-state index is 11.0. The summed E-state index contributed by atoms with van der Waals surface area (Å²) in [6.45, 7) is 3.03. The second kappa shape index (κ2) is 4.08. The number of nitrogens with zero attached hydrogens (tertiary/aromatic N) is 1. The molecule has 1 aromatic rings. The average Bonchev–Trinajstić information content (AvgIpc) is 2.63. The summed E-state index contributed by atoms with van der Waals surface area (Å²) in [5.41, 5.74) is 2.54. The second-order valence-corrected chi connectivity index (χ2v) is 5.81. The molecule has 4 nitrogen and oxygen atoms in total. The van der Waals surface area contributed by atoms with Crippen LogP contribution in [-0.2, 0) is 16.1 Å². The molecule has 0 aromatic heterocycles. The largest absolute Gasteiger partial charge is 0.478 e. The number of carbonyl (C=O) groups is 1. The van der Waals surface area contributed by atoms with Crippen LogP contribution in [0.25, 0.3) is 0 Å². The molecule has 2 atom stereocenters. The zero-order chi connectivity index (χ0) is 13.6. The molecule has 2 unspecified atom stereocenters. The maximum Gasteiger partial charge on any atom is 0.350 e. The first kappa shape index (κ1) is 12.2. The van der Waals surface area contributed by atoms with Crippen LogP contribution in [0.4, 0.5) is 0 Å². The third-order valence-electron chi connectivity index (χ3n) is 4.14. The minimum Gasteiger partial charge on any atom is -0.478 e. The fourth-order valence-corrected chi connectivity index (χ4v) is 2.81. The quantitative estimate of drug-likeness (QED) is 0.849. The zero-order valence-electron chi connectivity index (χ0n) is 11.1. The minimum atomic E-state index is -1.26. The van der Waals surface area contributed by atoms with E-state index in [-0.39, 0.29) is 0 Å². The smallest absolute Gasteiger partial charge is 0.350 e. The highest BCUT2D eigenvalue weighted by molar-refractivity contribution is 5.95. The standard InChI is InChI=1S/C15H17NO3/c1-15(2,14(17)18)19-16-13-8-11-10-6-4-3-5-9(10)7-12(11)13/h3-6,11-12H,7-8H2,1-2H3,(H,17,18)/b16-13+. The van der Waals surface area contributed by atoms with E-state index in [0.29, 0.717) is 11.8 Å². The van der Waals surface area contributed by atoms with Gasteiger partial charge < -0.3 is 9.94 Å². The van der Waals surface area contributed by atoms with Crippen LogP contribution in [0.2, 0.25) is 0 Å². The van der Waals surface area contributed by atoms with Gasteiger partial charge in [-0.3, -0.25) is 0 Å². The minimum absolute atomic E-state index is 0.405. The highest BCUT2D eigenvalue weighted by Gasteiger charge is 2.45. The number of carboxylic acid groups (broad SMARTS) is 1. The highest BCUT2D eigenvalue weighted by Crippen LogP contribution is 2.49. The van der Waals surface area contributed by atoms with Crippen LogP contribution >= 0.6 is 0 Å². The van der Waals surface area contributed by atoms with Crippen LogP contribution in [0.5, 0.6) is 0 Å². The summed E-state index contributed by atoms with van der Waals surface area (Å²) in [4.78, 5) is 16.1. The third-order valence-corrected chi connectivity index (χ3v) is 4.14. The van der Waals surface area contributed by atoms with Crippen LogP contribution in [-0.4, -0.2) is 22.4 Å². The first-order valence-electron chi connectivity index (χ1n) is 6.55. The van der Waals surface area contributed by atoms with Gasteiger partial charge in [-0.05, 0) is 43.7 Å². The first-order chi connectivity index (χ1) is 8.99. The van der Waals surface area contributed by atoms with Crippen LogP contribution < -0.4 is 0 Å². The first-order valence-corrected chi connectivity index (χ1v) is 6.55. The molecule has 1 N–H and O–H groups in total. The SMILES string of the molecule is CC(C)(O/N=C1\CC2c3ccccc3CC12)C(=O)O. The van der Waals surface area contributed by atoms with E-state index in [1.807, 2.05) is 0 Å². The van der Waals surface area contributed by atoms with Gasteiger partial charge in [0.2, 0.25) is 5.60 Å². The van der Waals surface area contributed by atoms with Crippen molar-refractivity contribution in [1.82, 2.24) is 0 Å². The summed E-state index contributed by atoms with van der Waals surface area (Å²) in [5, 5.41) is 13.1. The lowest BCUT2D eigenvalue weighted by atomic mass is 9.72. The van der Waals surface area contributed by atoms with E-state index >= 15 is 0 Å². The predicted octanol–water partition coefficient (Wildman–Crippen LogP) is 2.58. The highest BCUT2D eigenvalue weighted by atomic mass is 16.7. The van der Waals surface area contributed by atoms with Crippen molar-refractivity contribution in [3.63, 3.8) is 0 Å². The van der Waals surface area contributed by atoms with Gasteiger partial charge in [0.25, 0.3) is 0 Å². The number of hydrogen-bond acceptors (Lipinski definition) is 3. The van der Waals surface area contributed by atoms with Crippen molar-refractivity contribution >= 4 is 11.7 Å². The number of benzene rings is 1. The Morgan fingerprint density at radius 3 is 2.79 bits per heavy atom. The van der Waals surface area contributed by atoms with Gasteiger partial charge in [0.15, 0.2) is 0 Å². The van der Waals surface area contributed by atoms with E-state index < -0.39 is 11.6 Å². The van der Waals surface area contributed by atoms with Gasteiger partial charge in [-0.2, -0.15) is 0 Å². The third kappa shape index (κ3) is 1.91. The summed E-state index contributed by atoms with van der Waals surface area (Å²) >= 11 is 0. The van der Waals surface area contributed by atoms with E-state index in [9.17, 15) is 4.79 Å². The maximum atomic E-state index is 11.0. The summed E-state index contributed by atoms with van der Waals surface area (Å²) in [7, 11) is 0. The molecule has 0 spiro atoms. The molecule has 0 bridgehead atoms. The summed E-state index contributed by atoms with van der Waals surface area (Å²) in [5.74, 6) is -0.0454. The zero-order valence-corrected chi connectivity index (χ0v) is 11.1. The number of fused-ring (bicyclic) bond motifs is 3. The van der Waals surface area contributed by atoms with E-state index in [0.717, 1.165) is 18.6 Å². The Bertz CT molecular complexity index is 562. The Morgan fingerprint density at radius 2 is 2.05 bits per heavy atom. The molecule has 100 valence electrons. The molecule has 19 heavy (non-hydrogen) atoms. The van der Waals surface area contributed by atoms with Crippen molar-refractivity contribution in [2.45, 2.75) is 38.2 Å². The van der Waals surface area contributed by atoms with Crippen LogP contribution in [0.3, 0.4) is 0 Å². The monoisotopic (exact) mass is 259 g/mol. The van der Waals surface area contributed by atoms with E-state index in [1.165, 1.54) is 25.0 Å². The number of carboxylic acids is 1. The van der Waals surface area contributed by atoms with E-state index in [1.54, 1.807) is 0 Å². The lowest BCUT2D eigenvalue weighted by molar-refractivity contribution is -0.161. The van der Waals surface area contributed by atoms with Crippen LogP contribution in [0.1, 0.15) is 37.3 Å². The van der Waals surface area contributed by atoms with Crippen molar-refractivity contribution in [3.8, 4) is 0 Å². The fourth-order valence-electron chi connectivity index (χ4n) is 2.81. The molecule has 0 saturated heterocycles. The number of hydrogen-bond donors (Lipinski definition) is 1. The molecule has 1 aromatic carbocycles. The fraction of sp³-hybridized carbons (Fsp3) is 0.467. The molecular formula is C15H17NO3. The molecule has 1 saturated carbocycles. The molecule has 2 aliphatic carbocycles. The number of aliphatic carboxylic acids is 1. The number of oxime groups is 1. The van der Waals surface area contributed by atoms with Crippen LogP contribution in [0.15, 0.2) is 29.4 Å². The lowest BCUT2D eigenvalue weighted by Crippen LogP contribution is -2.37. The summed E-state index contributed by atoms with van der Waals surface area (Å²) < 4.78 is 0. The molecular weight excluding hydrogens is 242 g/mol. The summed E-state index contributed by atoms with van der Waals surface area (Å²) in [6.07, 6.45) is 1.88. The van der Waals surface area contributed by atoms with Crippen molar-refractivity contribution in [3.05, 3.63) is 35.4 Å². The van der Waals surface area contributed by atoms with Crippen molar-refractivity contribution in [1.29, 1.82) is 0 Å². The molecule has 0 amide bonds. The van der Waals surface area contributed by atoms with Gasteiger partial charge >= 0.3 is 5.97 Å². The predicted molar refractivity (Wildman–Crippen MR) is 71.2 cm³/mol. The van der Waals surface area contributed by atoms with Crippen molar-refractivity contribution in [2.24, 2.45) is 11.1 Å². The van der Waals surface area contributed by atoms with Gasteiger partial charge in [-0.15, -0.1) is 0 Å². The molecule has 0 radical (unpaired) electrons. The molecule has 0 aliphatic heterocycles. The normalized spacial score (nSPS) is 26.5. The van der Waals surface area contributed by atoms with E-state index in [2.05, 4.69) is 29.4 Å². The molecule has 4 heteroatoms. The Labute approximate surface area is 112 Å². The topological polar surface area (TPSA) is 58.9 Å². The molecule has 2 aliphatic rings. The van der Waals surface area contributed by atoms with Gasteiger partial charge in [0.1, 0.15) is 0 Å². The Balaban J connectivity index is 1.72. The Kier molecular flexibility index (Phi) is 2.62. The van der Waals surface area contributed by atoms with Crippen LogP contribution in [0, 0.1) is 5.92 Å². The van der Waals surface area contributed by atoms with Gasteiger partial charge in [-0.1, -0.05) is 29.4 Å². The number of rotatable bonds is 3. The van der Waals surface area contributed by atoms with Gasteiger partial charge in [0, 0.05) is 5.92 Å². The Hall–Kier alpha value is -1.84. The molecule has 1 fully saturated rings. The molecule has 0 heterocycles. The van der Waals surface area contributed by atoms with Crippen molar-refractivity contribution in [2.75, 3.05) is 0 Å². The average molecular weight is 259 g/mol. The van der Waals surface area contributed by atoms with Crippen molar-refractivity contribution < 1.29 is 14.7 Å². The Morgan fingerprint density at radius 1 is 1.32 bits per heavy atom. The lowest BCUT2D eigenvalue weighted by Gasteiger charge is -2.33. The second-order valence-electron chi connectivity index (χ2n) is 5.81. The van der Waals surface area contributed by atoms with E-state index in [4.69, 9.17) is 9.94 Å².